The summed E-state index contributed by atoms with van der Waals surface area (Å²) in [5.74, 6) is 1.43. The molecule has 2 rings (SSSR count). The zero-order chi connectivity index (χ0) is 16.7. The lowest BCUT2D eigenvalue weighted by atomic mass is 9.89. The molecule has 2 amide bonds. The highest BCUT2D eigenvalue weighted by Crippen LogP contribution is 2.36. The Hall–Kier alpha value is -1.91. The number of urea groups is 1. The number of methoxy groups -OCH3 is 2. The van der Waals surface area contributed by atoms with Gasteiger partial charge < -0.3 is 20.1 Å². The van der Waals surface area contributed by atoms with Crippen LogP contribution >= 0.6 is 0 Å². The number of hydrogen-bond acceptors (Lipinski definition) is 3. The zero-order valence-corrected chi connectivity index (χ0v) is 14.4. The van der Waals surface area contributed by atoms with Crippen LogP contribution in [0, 0.1) is 5.41 Å². The Morgan fingerprint density at radius 3 is 2.48 bits per heavy atom. The van der Waals surface area contributed by atoms with Crippen LogP contribution < -0.4 is 20.1 Å². The topological polar surface area (TPSA) is 59.6 Å². The van der Waals surface area contributed by atoms with Gasteiger partial charge in [-0.05, 0) is 42.4 Å². The number of benzene rings is 1. The summed E-state index contributed by atoms with van der Waals surface area (Å²) < 4.78 is 10.5. The van der Waals surface area contributed by atoms with Gasteiger partial charge in [-0.25, -0.2) is 4.79 Å². The van der Waals surface area contributed by atoms with Crippen LogP contribution in [0.1, 0.15) is 38.2 Å². The van der Waals surface area contributed by atoms with Crippen LogP contribution in [-0.2, 0) is 6.42 Å². The van der Waals surface area contributed by atoms with Crippen molar-refractivity contribution in [3.63, 3.8) is 0 Å². The van der Waals surface area contributed by atoms with Crippen molar-refractivity contribution in [2.75, 3.05) is 27.3 Å². The van der Waals surface area contributed by atoms with Crippen molar-refractivity contribution in [3.05, 3.63) is 23.8 Å². The van der Waals surface area contributed by atoms with Gasteiger partial charge in [-0.2, -0.15) is 0 Å². The predicted octanol–water partition coefficient (Wildman–Crippen LogP) is 3.13. The van der Waals surface area contributed by atoms with E-state index in [-0.39, 0.29) is 11.4 Å². The van der Waals surface area contributed by atoms with Crippen LogP contribution in [0.2, 0.25) is 0 Å². The second kappa shape index (κ2) is 8.09. The highest BCUT2D eigenvalue weighted by Gasteiger charge is 2.28. The molecule has 0 bridgehead atoms. The summed E-state index contributed by atoms with van der Waals surface area (Å²) in [6, 6.07) is 5.73. The highest BCUT2D eigenvalue weighted by atomic mass is 16.5. The van der Waals surface area contributed by atoms with Gasteiger partial charge >= 0.3 is 6.03 Å². The molecule has 1 fully saturated rings. The molecule has 0 aliphatic heterocycles. The van der Waals surface area contributed by atoms with E-state index in [9.17, 15) is 4.79 Å². The van der Waals surface area contributed by atoms with E-state index in [1.807, 2.05) is 18.2 Å². The summed E-state index contributed by atoms with van der Waals surface area (Å²) in [5, 5.41) is 5.91. The maximum Gasteiger partial charge on any atom is 0.314 e. The molecule has 1 saturated carbocycles. The van der Waals surface area contributed by atoms with Crippen LogP contribution in [0.15, 0.2) is 18.2 Å². The summed E-state index contributed by atoms with van der Waals surface area (Å²) in [5.41, 5.74) is 1.38. The third-order valence-electron chi connectivity index (χ3n) is 4.63. The van der Waals surface area contributed by atoms with E-state index < -0.39 is 0 Å². The van der Waals surface area contributed by atoms with E-state index >= 15 is 0 Å². The molecule has 128 valence electrons. The molecular weight excluding hydrogens is 292 g/mol. The molecule has 1 aromatic carbocycles. The van der Waals surface area contributed by atoms with E-state index in [4.69, 9.17) is 9.47 Å². The van der Waals surface area contributed by atoms with Gasteiger partial charge in [0.2, 0.25) is 0 Å². The van der Waals surface area contributed by atoms with Crippen LogP contribution in [0.4, 0.5) is 4.79 Å². The van der Waals surface area contributed by atoms with Crippen molar-refractivity contribution in [3.8, 4) is 11.5 Å². The van der Waals surface area contributed by atoms with Gasteiger partial charge in [0, 0.05) is 13.1 Å². The van der Waals surface area contributed by atoms with Crippen molar-refractivity contribution < 1.29 is 14.3 Å². The van der Waals surface area contributed by atoms with Crippen molar-refractivity contribution in [2.45, 2.75) is 39.0 Å². The van der Waals surface area contributed by atoms with E-state index in [0.29, 0.717) is 18.0 Å². The maximum absolute atomic E-state index is 11.9. The van der Waals surface area contributed by atoms with E-state index in [1.165, 1.54) is 25.7 Å². The molecule has 0 saturated heterocycles. The normalized spacial score (nSPS) is 16.0. The largest absolute Gasteiger partial charge is 0.493 e. The molecule has 1 aliphatic rings. The van der Waals surface area contributed by atoms with Crippen molar-refractivity contribution in [1.29, 1.82) is 0 Å². The summed E-state index contributed by atoms with van der Waals surface area (Å²) >= 11 is 0. The average molecular weight is 320 g/mol. The number of nitrogens with one attached hydrogen (secondary N) is 2. The van der Waals surface area contributed by atoms with Gasteiger partial charge in [-0.3, -0.25) is 0 Å². The second-order valence-electron chi connectivity index (χ2n) is 6.57. The molecule has 1 aliphatic carbocycles. The third kappa shape index (κ3) is 5.05. The Bertz CT molecular complexity index is 525. The monoisotopic (exact) mass is 320 g/mol. The molecular formula is C18H28N2O3. The molecule has 23 heavy (non-hydrogen) atoms. The van der Waals surface area contributed by atoms with Crippen LogP contribution in [0.3, 0.4) is 0 Å². The lowest BCUT2D eigenvalue weighted by molar-refractivity contribution is 0.232. The summed E-state index contributed by atoms with van der Waals surface area (Å²) in [6.07, 6.45) is 5.72. The van der Waals surface area contributed by atoms with Crippen molar-refractivity contribution in [2.24, 2.45) is 5.41 Å². The Labute approximate surface area is 138 Å². The molecule has 5 nitrogen and oxygen atoms in total. The van der Waals surface area contributed by atoms with Gasteiger partial charge in [-0.1, -0.05) is 25.8 Å². The number of amides is 2. The molecule has 0 heterocycles. The average Bonchev–Trinajstić information content (AvgIpc) is 3.00. The number of ether oxygens (including phenoxy) is 2. The fourth-order valence-electron chi connectivity index (χ4n) is 3.12. The Morgan fingerprint density at radius 2 is 1.83 bits per heavy atom. The van der Waals surface area contributed by atoms with Crippen LogP contribution in [0.25, 0.3) is 0 Å². The first-order chi connectivity index (χ1) is 11.1. The minimum Gasteiger partial charge on any atom is -0.493 e. The van der Waals surface area contributed by atoms with Gasteiger partial charge in [0.25, 0.3) is 0 Å². The minimum absolute atomic E-state index is 0.0846. The van der Waals surface area contributed by atoms with Gasteiger partial charge in [0.15, 0.2) is 11.5 Å². The standard InChI is InChI=1S/C18H28N2O3/c1-18(9-4-5-10-18)13-20-17(21)19-11-8-14-6-7-15(22-2)16(12-14)23-3/h6-7,12H,4-5,8-11,13H2,1-3H3,(H2,19,20,21). The summed E-state index contributed by atoms with van der Waals surface area (Å²) in [6.45, 7) is 3.61. The fraction of sp³-hybridized carbons (Fsp3) is 0.611. The Kier molecular flexibility index (Phi) is 6.13. The quantitative estimate of drug-likeness (QED) is 0.811. The van der Waals surface area contributed by atoms with Crippen LogP contribution in [-0.4, -0.2) is 33.3 Å². The first-order valence-electron chi connectivity index (χ1n) is 8.29. The van der Waals surface area contributed by atoms with Gasteiger partial charge in [0.05, 0.1) is 14.2 Å². The zero-order valence-electron chi connectivity index (χ0n) is 14.4. The number of carbonyl (C=O) groups excluding carboxylic acids is 1. The lowest BCUT2D eigenvalue weighted by Crippen LogP contribution is -2.41. The smallest absolute Gasteiger partial charge is 0.314 e. The van der Waals surface area contributed by atoms with Crippen molar-refractivity contribution >= 4 is 6.03 Å². The molecule has 0 spiro atoms. The molecule has 0 unspecified atom stereocenters. The highest BCUT2D eigenvalue weighted by molar-refractivity contribution is 5.73. The molecule has 5 heteroatoms. The predicted molar refractivity (Wildman–Crippen MR) is 91.2 cm³/mol. The SMILES string of the molecule is COc1ccc(CCNC(=O)NCC2(C)CCCC2)cc1OC. The first-order valence-corrected chi connectivity index (χ1v) is 8.29. The van der Waals surface area contributed by atoms with Crippen LogP contribution in [0.5, 0.6) is 11.5 Å². The number of rotatable bonds is 7. The number of carbonyl (C=O) groups is 1. The van der Waals surface area contributed by atoms with E-state index in [1.54, 1.807) is 14.2 Å². The van der Waals surface area contributed by atoms with Gasteiger partial charge in [0.1, 0.15) is 0 Å². The van der Waals surface area contributed by atoms with E-state index in [2.05, 4.69) is 17.6 Å². The lowest BCUT2D eigenvalue weighted by Gasteiger charge is -2.23. The maximum atomic E-state index is 11.9. The van der Waals surface area contributed by atoms with E-state index in [0.717, 1.165) is 18.5 Å². The molecule has 0 atom stereocenters. The summed E-state index contributed by atoms with van der Waals surface area (Å²) in [7, 11) is 3.24. The first kappa shape index (κ1) is 17.4. The number of hydrogen-bond donors (Lipinski definition) is 2. The Balaban J connectivity index is 1.73. The third-order valence-corrected chi connectivity index (χ3v) is 4.63. The molecule has 1 aromatic rings. The van der Waals surface area contributed by atoms with Gasteiger partial charge in [-0.15, -0.1) is 0 Å². The molecule has 0 radical (unpaired) electrons. The molecule has 0 aromatic heterocycles. The minimum atomic E-state index is -0.0846. The fourth-order valence-corrected chi connectivity index (χ4v) is 3.12. The van der Waals surface area contributed by atoms with Crippen molar-refractivity contribution in [1.82, 2.24) is 10.6 Å². The summed E-state index contributed by atoms with van der Waals surface area (Å²) in [4.78, 5) is 11.9. The second-order valence-corrected chi connectivity index (χ2v) is 6.57. The Morgan fingerprint density at radius 1 is 1.13 bits per heavy atom. The molecule has 2 N–H and O–H groups in total.